The average Bonchev–Trinajstić information content (AvgIpc) is 2.65. The molecule has 2 aromatic rings. The van der Waals surface area contributed by atoms with Gasteiger partial charge in [0.2, 0.25) is 5.95 Å². The molecule has 0 amide bonds. The summed E-state index contributed by atoms with van der Waals surface area (Å²) in [6.07, 6.45) is 1.99. The lowest BCUT2D eigenvalue weighted by Crippen LogP contribution is -2.02. The first-order chi connectivity index (χ1) is 8.13. The second-order valence-corrected chi connectivity index (χ2v) is 4.73. The minimum absolute atomic E-state index is 0.770. The van der Waals surface area contributed by atoms with Crippen LogP contribution in [0.3, 0.4) is 0 Å². The van der Waals surface area contributed by atoms with Crippen molar-refractivity contribution in [3.63, 3.8) is 0 Å². The van der Waals surface area contributed by atoms with Crippen molar-refractivity contribution in [2.45, 2.75) is 19.0 Å². The number of aryl methyl sites for hydroxylation is 2. The van der Waals surface area contributed by atoms with Crippen LogP contribution < -0.4 is 5.32 Å². The number of nitrogens with one attached hydrogen (secondary N) is 1. The standard InChI is InChI=1S/C12H16N4S/c1-8-6-5-7-9(2)10(8)13-11-14-15-12(17-4)16(11)3/h5-7H,1-4H3,(H,13,14). The maximum Gasteiger partial charge on any atom is 0.229 e. The normalized spacial score (nSPS) is 10.6. The van der Waals surface area contributed by atoms with Gasteiger partial charge in [0.05, 0.1) is 0 Å². The molecule has 0 saturated carbocycles. The lowest BCUT2D eigenvalue weighted by molar-refractivity contribution is 0.796. The number of thioether (sulfide) groups is 1. The molecule has 0 bridgehead atoms. The highest BCUT2D eigenvalue weighted by Crippen LogP contribution is 2.24. The number of para-hydroxylation sites is 1. The molecule has 0 fully saturated rings. The summed E-state index contributed by atoms with van der Waals surface area (Å²) in [5, 5.41) is 12.5. The van der Waals surface area contributed by atoms with Crippen LogP contribution in [0.1, 0.15) is 11.1 Å². The first-order valence-corrected chi connectivity index (χ1v) is 6.62. The summed E-state index contributed by atoms with van der Waals surface area (Å²) < 4.78 is 1.95. The van der Waals surface area contributed by atoms with Gasteiger partial charge in [0, 0.05) is 12.7 Å². The largest absolute Gasteiger partial charge is 0.324 e. The van der Waals surface area contributed by atoms with Gasteiger partial charge in [-0.1, -0.05) is 30.0 Å². The van der Waals surface area contributed by atoms with Crippen molar-refractivity contribution < 1.29 is 0 Å². The molecule has 0 aliphatic rings. The zero-order chi connectivity index (χ0) is 12.4. The summed E-state index contributed by atoms with van der Waals surface area (Å²) in [4.78, 5) is 0. The molecule has 1 N–H and O–H groups in total. The van der Waals surface area contributed by atoms with Crippen molar-refractivity contribution in [1.29, 1.82) is 0 Å². The van der Waals surface area contributed by atoms with Crippen LogP contribution in [0.2, 0.25) is 0 Å². The van der Waals surface area contributed by atoms with E-state index in [1.807, 2.05) is 17.9 Å². The zero-order valence-corrected chi connectivity index (χ0v) is 11.3. The third kappa shape index (κ3) is 2.29. The first-order valence-electron chi connectivity index (χ1n) is 5.40. The molecule has 17 heavy (non-hydrogen) atoms. The highest BCUT2D eigenvalue weighted by Gasteiger charge is 2.09. The molecule has 1 heterocycles. The molecule has 0 saturated heterocycles. The lowest BCUT2D eigenvalue weighted by Gasteiger charge is -2.11. The minimum Gasteiger partial charge on any atom is -0.324 e. The highest BCUT2D eigenvalue weighted by molar-refractivity contribution is 7.98. The number of nitrogens with zero attached hydrogens (tertiary/aromatic N) is 3. The fourth-order valence-electron chi connectivity index (χ4n) is 1.72. The van der Waals surface area contributed by atoms with E-state index in [0.717, 1.165) is 16.8 Å². The van der Waals surface area contributed by atoms with Crippen LogP contribution in [0.15, 0.2) is 23.4 Å². The van der Waals surface area contributed by atoms with E-state index in [1.54, 1.807) is 11.8 Å². The SMILES string of the molecule is CSc1nnc(Nc2c(C)cccc2C)n1C. The van der Waals surface area contributed by atoms with Gasteiger partial charge in [0.25, 0.3) is 0 Å². The van der Waals surface area contributed by atoms with Gasteiger partial charge < -0.3 is 5.32 Å². The number of anilines is 2. The Morgan fingerprint density at radius 2 is 1.82 bits per heavy atom. The molecule has 0 aliphatic carbocycles. The number of benzene rings is 1. The smallest absolute Gasteiger partial charge is 0.229 e. The van der Waals surface area contributed by atoms with E-state index in [9.17, 15) is 0 Å². The fraction of sp³-hybridized carbons (Fsp3) is 0.333. The Hall–Kier alpha value is -1.49. The van der Waals surface area contributed by atoms with E-state index in [4.69, 9.17) is 0 Å². The zero-order valence-electron chi connectivity index (χ0n) is 10.5. The van der Waals surface area contributed by atoms with E-state index >= 15 is 0 Å². The van der Waals surface area contributed by atoms with Crippen LogP contribution in [0.25, 0.3) is 0 Å². The van der Waals surface area contributed by atoms with Crippen molar-refractivity contribution >= 4 is 23.4 Å². The van der Waals surface area contributed by atoms with Gasteiger partial charge in [0.15, 0.2) is 5.16 Å². The molecule has 0 aliphatic heterocycles. The molecule has 90 valence electrons. The summed E-state index contributed by atoms with van der Waals surface area (Å²) >= 11 is 1.58. The molecular weight excluding hydrogens is 232 g/mol. The Bertz CT molecular complexity index is 513. The van der Waals surface area contributed by atoms with Gasteiger partial charge in [0.1, 0.15) is 0 Å². The molecule has 4 nitrogen and oxygen atoms in total. The summed E-state index contributed by atoms with van der Waals surface area (Å²) in [7, 11) is 1.96. The highest BCUT2D eigenvalue weighted by atomic mass is 32.2. The number of hydrogen-bond donors (Lipinski definition) is 1. The summed E-state index contributed by atoms with van der Waals surface area (Å²) in [6, 6.07) is 6.22. The Kier molecular flexibility index (Phi) is 3.38. The second kappa shape index (κ2) is 4.79. The van der Waals surface area contributed by atoms with E-state index < -0.39 is 0 Å². The predicted octanol–water partition coefficient (Wildman–Crippen LogP) is 2.90. The van der Waals surface area contributed by atoms with Crippen LogP contribution in [-0.2, 0) is 7.05 Å². The first kappa shape index (κ1) is 12.0. The molecule has 5 heteroatoms. The monoisotopic (exact) mass is 248 g/mol. The molecular formula is C12H16N4S. The topological polar surface area (TPSA) is 42.7 Å². The number of aromatic nitrogens is 3. The Morgan fingerprint density at radius 1 is 1.18 bits per heavy atom. The molecule has 2 rings (SSSR count). The third-order valence-corrected chi connectivity index (χ3v) is 3.46. The van der Waals surface area contributed by atoms with Gasteiger partial charge in [-0.15, -0.1) is 10.2 Å². The van der Waals surface area contributed by atoms with Crippen LogP contribution in [0, 0.1) is 13.8 Å². The van der Waals surface area contributed by atoms with Crippen molar-refractivity contribution in [2.75, 3.05) is 11.6 Å². The third-order valence-electron chi connectivity index (χ3n) is 2.74. The fourth-order valence-corrected chi connectivity index (χ4v) is 2.21. The Morgan fingerprint density at radius 3 is 2.35 bits per heavy atom. The quantitative estimate of drug-likeness (QED) is 0.848. The van der Waals surface area contributed by atoms with Crippen molar-refractivity contribution in [1.82, 2.24) is 14.8 Å². The minimum atomic E-state index is 0.770. The number of rotatable bonds is 3. The van der Waals surface area contributed by atoms with Gasteiger partial charge in [-0.05, 0) is 31.2 Å². The van der Waals surface area contributed by atoms with E-state index in [1.165, 1.54) is 11.1 Å². The summed E-state index contributed by atoms with van der Waals surface area (Å²) in [6.45, 7) is 4.17. The van der Waals surface area contributed by atoms with E-state index in [0.29, 0.717) is 0 Å². The van der Waals surface area contributed by atoms with Crippen molar-refractivity contribution in [3.05, 3.63) is 29.3 Å². The maximum absolute atomic E-state index is 4.15. The van der Waals surface area contributed by atoms with Gasteiger partial charge in [-0.25, -0.2) is 0 Å². The lowest BCUT2D eigenvalue weighted by atomic mass is 10.1. The Balaban J connectivity index is 2.35. The second-order valence-electron chi connectivity index (χ2n) is 3.96. The van der Waals surface area contributed by atoms with Crippen LogP contribution in [0.4, 0.5) is 11.6 Å². The van der Waals surface area contributed by atoms with Gasteiger partial charge in [-0.2, -0.15) is 0 Å². The molecule has 1 aromatic carbocycles. The van der Waals surface area contributed by atoms with Crippen molar-refractivity contribution in [3.8, 4) is 0 Å². The molecule has 1 aromatic heterocycles. The Labute approximate surface area is 105 Å². The molecule has 0 atom stereocenters. The van der Waals surface area contributed by atoms with Gasteiger partial charge in [-0.3, -0.25) is 4.57 Å². The van der Waals surface area contributed by atoms with Crippen molar-refractivity contribution in [2.24, 2.45) is 7.05 Å². The average molecular weight is 248 g/mol. The predicted molar refractivity (Wildman–Crippen MR) is 72.0 cm³/mol. The van der Waals surface area contributed by atoms with Crippen LogP contribution in [-0.4, -0.2) is 21.0 Å². The van der Waals surface area contributed by atoms with Crippen LogP contribution >= 0.6 is 11.8 Å². The summed E-state index contributed by atoms with van der Waals surface area (Å²) in [5.41, 5.74) is 3.52. The van der Waals surface area contributed by atoms with E-state index in [-0.39, 0.29) is 0 Å². The molecule has 0 spiro atoms. The van der Waals surface area contributed by atoms with Gasteiger partial charge >= 0.3 is 0 Å². The summed E-state index contributed by atoms with van der Waals surface area (Å²) in [5.74, 6) is 0.770. The molecule has 0 unspecified atom stereocenters. The maximum atomic E-state index is 4.15. The number of hydrogen-bond acceptors (Lipinski definition) is 4. The molecule has 0 radical (unpaired) electrons. The van der Waals surface area contributed by atoms with Crippen LogP contribution in [0.5, 0.6) is 0 Å². The van der Waals surface area contributed by atoms with E-state index in [2.05, 4.69) is 47.6 Å².